The van der Waals surface area contributed by atoms with Crippen LogP contribution in [0.5, 0.6) is 0 Å². The monoisotopic (exact) mass is 475 g/mol. The summed E-state index contributed by atoms with van der Waals surface area (Å²) in [4.78, 5) is 13.7. The minimum Gasteiger partial charge on any atom is -0.456 e. The molecule has 0 saturated carbocycles. The Morgan fingerprint density at radius 1 is 0.838 bits per heavy atom. The first-order chi connectivity index (χ1) is 18.2. The molecule has 37 heavy (non-hydrogen) atoms. The summed E-state index contributed by atoms with van der Waals surface area (Å²) >= 11 is 0. The Kier molecular flexibility index (Phi) is 3.24. The Hall–Kier alpha value is -4.97. The van der Waals surface area contributed by atoms with Crippen molar-refractivity contribution in [1.82, 2.24) is 13.8 Å². The number of hydrogen-bond donors (Lipinski definition) is 0. The second kappa shape index (κ2) is 6.23. The van der Waals surface area contributed by atoms with Gasteiger partial charge in [0, 0.05) is 38.0 Å². The lowest BCUT2D eigenvalue weighted by atomic mass is 9.49. The van der Waals surface area contributed by atoms with Crippen molar-refractivity contribution >= 4 is 74.2 Å². The molecule has 172 valence electrons. The van der Waals surface area contributed by atoms with Crippen LogP contribution in [0.4, 0.5) is 0 Å². The van der Waals surface area contributed by atoms with Gasteiger partial charge in [0.2, 0.25) is 0 Å². The molecule has 0 spiro atoms. The third-order valence-corrected chi connectivity index (χ3v) is 8.16. The van der Waals surface area contributed by atoms with E-state index in [1.54, 1.807) is 0 Å². The predicted octanol–water partition coefficient (Wildman–Crippen LogP) is 3.29. The van der Waals surface area contributed by atoms with E-state index in [1.165, 1.54) is 0 Å². The largest absolute Gasteiger partial charge is 0.456 e. The van der Waals surface area contributed by atoms with Gasteiger partial charge in [0.1, 0.15) is 11.2 Å². The van der Waals surface area contributed by atoms with Gasteiger partial charge in [-0.15, -0.1) is 0 Å². The van der Waals surface area contributed by atoms with Gasteiger partial charge in [-0.05, 0) is 42.5 Å². The number of benzene rings is 4. The summed E-state index contributed by atoms with van der Waals surface area (Å²) in [6.07, 6.45) is 3.82. The molecule has 0 saturated heterocycles. The first-order valence-corrected chi connectivity index (χ1v) is 12.3. The molecule has 5 heterocycles. The molecule has 3 aromatic heterocycles. The highest BCUT2D eigenvalue weighted by Crippen LogP contribution is 2.35. The number of para-hydroxylation sites is 2. The molecule has 0 fully saturated rings. The average Bonchev–Trinajstić information content (AvgIpc) is 3.63. The average molecular weight is 475 g/mol. The maximum absolute atomic E-state index is 13.7. The molecule has 0 radical (unpaired) electrons. The van der Waals surface area contributed by atoms with Crippen LogP contribution in [0.3, 0.4) is 0 Å². The molecule has 0 amide bonds. The van der Waals surface area contributed by atoms with Crippen molar-refractivity contribution in [3.8, 4) is 11.4 Å². The Balaban J connectivity index is 1.62. The number of fused-ring (bicyclic) bond motifs is 11. The van der Waals surface area contributed by atoms with E-state index >= 15 is 0 Å². The van der Waals surface area contributed by atoms with Crippen LogP contribution in [-0.2, 0) is 0 Å². The second-order valence-corrected chi connectivity index (χ2v) is 9.85. The highest BCUT2D eigenvalue weighted by molar-refractivity contribution is 6.90. The summed E-state index contributed by atoms with van der Waals surface area (Å²) in [6, 6.07) is 24.4. The van der Waals surface area contributed by atoms with E-state index in [9.17, 15) is 4.79 Å². The van der Waals surface area contributed by atoms with Crippen LogP contribution >= 0.6 is 0 Å². The maximum atomic E-state index is 13.7. The van der Waals surface area contributed by atoms with E-state index in [1.807, 2.05) is 71.4 Å². The Bertz CT molecular complexity index is 2380. The van der Waals surface area contributed by atoms with Crippen molar-refractivity contribution in [2.45, 2.75) is 0 Å². The third-order valence-electron chi connectivity index (χ3n) is 8.16. The topological polar surface area (TPSA) is 45.0 Å². The standard InChI is InChI=1S/C31H18BN3O2/c1-3-9-22-17(2)20-16-21-18-10-5-7-15-26(18)37-30(21)28-29(20)33(22)24-13-8-14-25-27(24)32(28)35-23-12-6-4-11-19(23)31(36)34(25)35/h3-16H,1-2H2/b22-9+. The van der Waals surface area contributed by atoms with Crippen molar-refractivity contribution in [3.05, 3.63) is 106 Å². The normalized spacial score (nSPS) is 13.8. The number of rotatable bonds is 1. The van der Waals surface area contributed by atoms with E-state index in [0.29, 0.717) is 5.39 Å². The lowest BCUT2D eigenvalue weighted by Gasteiger charge is -2.23. The van der Waals surface area contributed by atoms with Crippen molar-refractivity contribution in [2.75, 3.05) is 0 Å². The number of furan rings is 1. The molecule has 0 unspecified atom stereocenters. The molecular formula is C31H18BN3O2. The molecule has 0 bridgehead atoms. The zero-order chi connectivity index (χ0) is 24.6. The Morgan fingerprint density at radius 2 is 1.62 bits per heavy atom. The van der Waals surface area contributed by atoms with Crippen molar-refractivity contribution in [3.63, 3.8) is 0 Å². The molecule has 0 N–H and O–H groups in total. The van der Waals surface area contributed by atoms with Crippen LogP contribution in [0.25, 0.3) is 67.8 Å². The molecule has 4 aromatic carbocycles. The van der Waals surface area contributed by atoms with Crippen LogP contribution < -0.4 is 27.1 Å². The van der Waals surface area contributed by atoms with Gasteiger partial charge in [-0.2, -0.15) is 0 Å². The van der Waals surface area contributed by atoms with Crippen molar-refractivity contribution in [1.29, 1.82) is 0 Å². The zero-order valence-corrected chi connectivity index (χ0v) is 19.7. The smallest absolute Gasteiger partial charge is 0.357 e. The summed E-state index contributed by atoms with van der Waals surface area (Å²) in [5.41, 5.74) is 7.78. The zero-order valence-electron chi connectivity index (χ0n) is 19.7. The number of nitrogens with zero attached hydrogens (tertiary/aromatic N) is 3. The lowest BCUT2D eigenvalue weighted by molar-refractivity contribution is 0.671. The molecular weight excluding hydrogens is 457 g/mol. The molecule has 0 aliphatic carbocycles. The van der Waals surface area contributed by atoms with E-state index in [2.05, 4.69) is 40.5 Å². The summed E-state index contributed by atoms with van der Waals surface area (Å²) in [5.74, 6) is 0. The predicted molar refractivity (Wildman–Crippen MR) is 151 cm³/mol. The number of hydrogen-bond acceptors (Lipinski definition) is 2. The van der Waals surface area contributed by atoms with E-state index in [-0.39, 0.29) is 12.4 Å². The fraction of sp³-hybridized carbons (Fsp3) is 0. The minimum absolute atomic E-state index is 0.00756. The van der Waals surface area contributed by atoms with Gasteiger partial charge in [-0.1, -0.05) is 55.6 Å². The van der Waals surface area contributed by atoms with Gasteiger partial charge in [0.25, 0.3) is 5.56 Å². The summed E-state index contributed by atoms with van der Waals surface area (Å²) in [7, 11) is 0. The van der Waals surface area contributed by atoms with E-state index in [0.717, 1.165) is 71.2 Å². The van der Waals surface area contributed by atoms with Crippen molar-refractivity contribution in [2.24, 2.45) is 0 Å². The van der Waals surface area contributed by atoms with E-state index in [4.69, 9.17) is 4.42 Å². The fourth-order valence-corrected chi connectivity index (χ4v) is 6.77. The maximum Gasteiger partial charge on any atom is 0.357 e. The van der Waals surface area contributed by atoms with Gasteiger partial charge in [0.15, 0.2) is 0 Å². The van der Waals surface area contributed by atoms with Gasteiger partial charge in [0.05, 0.1) is 27.5 Å². The Labute approximate surface area is 210 Å². The molecule has 2 aliphatic rings. The van der Waals surface area contributed by atoms with Gasteiger partial charge in [-0.25, -0.2) is 4.68 Å². The molecule has 5 nitrogen and oxygen atoms in total. The van der Waals surface area contributed by atoms with Crippen LogP contribution in [0, 0.1) is 0 Å². The molecule has 6 heteroatoms. The molecule has 0 atom stereocenters. The Morgan fingerprint density at radius 3 is 2.49 bits per heavy atom. The first-order valence-electron chi connectivity index (χ1n) is 12.3. The molecule has 9 rings (SSSR count). The summed E-state index contributed by atoms with van der Waals surface area (Å²) in [6.45, 7) is 8.28. The lowest BCUT2D eigenvalue weighted by Crippen LogP contribution is -2.52. The third kappa shape index (κ3) is 2.01. The fourth-order valence-electron chi connectivity index (χ4n) is 6.77. The van der Waals surface area contributed by atoms with Gasteiger partial charge >= 0.3 is 6.85 Å². The second-order valence-electron chi connectivity index (χ2n) is 9.85. The highest BCUT2D eigenvalue weighted by atomic mass is 16.3. The minimum atomic E-state index is -0.219. The van der Waals surface area contributed by atoms with Crippen LogP contribution in [-0.4, -0.2) is 20.7 Å². The van der Waals surface area contributed by atoms with Gasteiger partial charge in [-0.3, -0.25) is 4.79 Å². The highest BCUT2D eigenvalue weighted by Gasteiger charge is 2.45. The van der Waals surface area contributed by atoms with Gasteiger partial charge < -0.3 is 13.6 Å². The van der Waals surface area contributed by atoms with Crippen LogP contribution in [0.2, 0.25) is 0 Å². The quantitative estimate of drug-likeness (QED) is 0.342. The number of allylic oxidation sites excluding steroid dienone is 1. The van der Waals surface area contributed by atoms with Crippen molar-refractivity contribution < 1.29 is 4.42 Å². The van der Waals surface area contributed by atoms with Crippen LogP contribution in [0.1, 0.15) is 0 Å². The first kappa shape index (κ1) is 19.3. The molecule has 7 aromatic rings. The summed E-state index contributed by atoms with van der Waals surface area (Å²) < 4.78 is 12.9. The van der Waals surface area contributed by atoms with Crippen LogP contribution in [0.15, 0.2) is 94.7 Å². The summed E-state index contributed by atoms with van der Waals surface area (Å²) in [5, 5.41) is 5.87. The SMILES string of the molecule is C=C/C=c1\c(=C)c2cc3c(oc4ccccc43)c3c2n1-c1cccc2c1B3n1c3ccccc3c(=O)n1-2. The van der Waals surface area contributed by atoms with E-state index < -0.39 is 0 Å². The molecule has 2 aliphatic heterocycles. The number of aromatic nitrogens is 3.